The van der Waals surface area contributed by atoms with Crippen LogP contribution in [0, 0.1) is 0 Å². The molecule has 1 aliphatic carbocycles. The Balaban J connectivity index is 1.88. The molecule has 0 N–H and O–H groups in total. The van der Waals surface area contributed by atoms with Crippen molar-refractivity contribution in [2.75, 3.05) is 7.11 Å². The highest BCUT2D eigenvalue weighted by molar-refractivity contribution is 5.58. The first-order chi connectivity index (χ1) is 12.8. The third kappa shape index (κ3) is 3.12. The van der Waals surface area contributed by atoms with Gasteiger partial charge in [-0.25, -0.2) is 0 Å². The van der Waals surface area contributed by atoms with Crippen LogP contribution in [0.25, 0.3) is 11.4 Å². The third-order valence-corrected chi connectivity index (χ3v) is 4.90. The number of aromatic nitrogens is 3. The van der Waals surface area contributed by atoms with Gasteiger partial charge in [0.2, 0.25) is 0 Å². The van der Waals surface area contributed by atoms with Crippen LogP contribution in [0.2, 0.25) is 0 Å². The van der Waals surface area contributed by atoms with E-state index in [1.165, 1.54) is 0 Å². The summed E-state index contributed by atoms with van der Waals surface area (Å²) in [4.78, 5) is 21.3. The zero-order valence-electron chi connectivity index (χ0n) is 14.8. The molecule has 0 spiro atoms. The number of pyridine rings is 1. The molecule has 0 bridgehead atoms. The first-order valence-corrected chi connectivity index (χ1v) is 8.92. The summed E-state index contributed by atoms with van der Waals surface area (Å²) in [6.07, 6.45) is 7.52. The molecule has 1 aromatic carbocycles. The van der Waals surface area contributed by atoms with E-state index in [1.54, 1.807) is 13.3 Å². The van der Waals surface area contributed by atoms with Crippen molar-refractivity contribution in [3.05, 3.63) is 76.0 Å². The monoisotopic (exact) mass is 347 g/mol. The Kier molecular flexibility index (Phi) is 4.52. The van der Waals surface area contributed by atoms with Crippen LogP contribution in [-0.4, -0.2) is 21.6 Å². The van der Waals surface area contributed by atoms with Crippen molar-refractivity contribution in [1.82, 2.24) is 14.5 Å². The predicted molar refractivity (Wildman–Crippen MR) is 100 cm³/mol. The Morgan fingerprint density at radius 2 is 1.92 bits per heavy atom. The lowest BCUT2D eigenvalue weighted by Gasteiger charge is -2.23. The van der Waals surface area contributed by atoms with Crippen molar-refractivity contribution in [3.8, 4) is 17.1 Å². The van der Waals surface area contributed by atoms with Gasteiger partial charge in [0.25, 0.3) is 5.56 Å². The Morgan fingerprint density at radius 1 is 1.12 bits per heavy atom. The first-order valence-electron chi connectivity index (χ1n) is 8.92. The molecule has 0 radical (unpaired) electrons. The summed E-state index contributed by atoms with van der Waals surface area (Å²) in [5.41, 5.74) is 3.91. The van der Waals surface area contributed by atoms with Gasteiger partial charge in [0.05, 0.1) is 13.7 Å². The fraction of sp³-hybridized carbons (Fsp3) is 0.286. The number of ether oxygens (including phenoxy) is 1. The number of rotatable bonds is 4. The van der Waals surface area contributed by atoms with Gasteiger partial charge in [-0.05, 0) is 61.6 Å². The van der Waals surface area contributed by atoms with Crippen LogP contribution in [0.5, 0.6) is 5.75 Å². The number of nitrogens with zero attached hydrogens (tertiary/aromatic N) is 3. The van der Waals surface area contributed by atoms with E-state index in [0.717, 1.165) is 53.8 Å². The van der Waals surface area contributed by atoms with Crippen molar-refractivity contribution in [1.29, 1.82) is 0 Å². The van der Waals surface area contributed by atoms with E-state index in [9.17, 15) is 4.79 Å². The Hall–Kier alpha value is -2.95. The molecule has 2 aromatic heterocycles. The van der Waals surface area contributed by atoms with Crippen LogP contribution in [0.3, 0.4) is 0 Å². The fourth-order valence-electron chi connectivity index (χ4n) is 3.57. The summed E-state index contributed by atoms with van der Waals surface area (Å²) in [5.74, 6) is 1.50. The fourth-order valence-corrected chi connectivity index (χ4v) is 3.57. The van der Waals surface area contributed by atoms with Crippen LogP contribution >= 0.6 is 0 Å². The van der Waals surface area contributed by atoms with Gasteiger partial charge in [-0.3, -0.25) is 9.78 Å². The minimum Gasteiger partial charge on any atom is -0.497 e. The second-order valence-electron chi connectivity index (χ2n) is 6.55. The van der Waals surface area contributed by atoms with Gasteiger partial charge < -0.3 is 9.30 Å². The van der Waals surface area contributed by atoms with Crippen LogP contribution in [0.4, 0.5) is 0 Å². The second kappa shape index (κ2) is 7.12. The molecule has 0 fully saturated rings. The largest absolute Gasteiger partial charge is 0.497 e. The number of hydrogen-bond donors (Lipinski definition) is 0. The maximum absolute atomic E-state index is 12.6. The molecular weight excluding hydrogens is 326 g/mol. The van der Waals surface area contributed by atoms with Gasteiger partial charge in [-0.15, -0.1) is 0 Å². The van der Waals surface area contributed by atoms with Gasteiger partial charge in [0.15, 0.2) is 0 Å². The van der Waals surface area contributed by atoms with Crippen LogP contribution in [-0.2, 0) is 19.4 Å². The van der Waals surface area contributed by atoms with E-state index in [0.29, 0.717) is 12.4 Å². The number of fused-ring (bicyclic) bond motifs is 1. The van der Waals surface area contributed by atoms with Gasteiger partial charge in [-0.1, -0.05) is 6.07 Å². The Morgan fingerprint density at radius 3 is 2.65 bits per heavy atom. The molecule has 1 aliphatic rings. The summed E-state index contributed by atoms with van der Waals surface area (Å²) in [6.45, 7) is 0.658. The molecular formula is C21H21N3O2. The summed E-state index contributed by atoms with van der Waals surface area (Å²) in [7, 11) is 1.64. The molecule has 2 heterocycles. The standard InChI is InChI=1S/C21H21N3O2/c1-26-17-10-8-16(9-11-17)20-23-21(25)18-6-2-3-7-19(18)24(20)14-15-5-4-12-22-13-15/h4-5,8-13H,2-3,6-7,14H2,1H3. The lowest BCUT2D eigenvalue weighted by molar-refractivity contribution is 0.415. The maximum Gasteiger partial charge on any atom is 0.276 e. The topological polar surface area (TPSA) is 57.0 Å². The Bertz CT molecular complexity index is 963. The molecule has 5 nitrogen and oxygen atoms in total. The van der Waals surface area contributed by atoms with Crippen molar-refractivity contribution in [2.45, 2.75) is 32.2 Å². The maximum atomic E-state index is 12.6. The first kappa shape index (κ1) is 16.5. The number of benzene rings is 1. The average molecular weight is 347 g/mol. The zero-order chi connectivity index (χ0) is 17.9. The minimum absolute atomic E-state index is 0.0899. The molecule has 0 saturated carbocycles. The van der Waals surface area contributed by atoms with Crippen LogP contribution in [0.15, 0.2) is 53.6 Å². The van der Waals surface area contributed by atoms with E-state index < -0.39 is 0 Å². The highest BCUT2D eigenvalue weighted by atomic mass is 16.5. The van der Waals surface area contributed by atoms with E-state index in [-0.39, 0.29) is 5.56 Å². The van der Waals surface area contributed by atoms with Crippen LogP contribution < -0.4 is 10.3 Å². The predicted octanol–water partition coefficient (Wildman–Crippen LogP) is 3.24. The minimum atomic E-state index is -0.0899. The third-order valence-electron chi connectivity index (χ3n) is 4.90. The highest BCUT2D eigenvalue weighted by Gasteiger charge is 2.21. The van der Waals surface area contributed by atoms with Gasteiger partial charge in [0, 0.05) is 29.2 Å². The van der Waals surface area contributed by atoms with E-state index >= 15 is 0 Å². The molecule has 0 saturated heterocycles. The molecule has 0 atom stereocenters. The van der Waals surface area contributed by atoms with E-state index in [1.807, 2.05) is 36.5 Å². The molecule has 5 heteroatoms. The average Bonchev–Trinajstić information content (AvgIpc) is 2.71. The normalized spacial score (nSPS) is 13.3. The lowest BCUT2D eigenvalue weighted by Crippen LogP contribution is -2.27. The highest BCUT2D eigenvalue weighted by Crippen LogP contribution is 2.26. The number of hydrogen-bond acceptors (Lipinski definition) is 4. The van der Waals surface area contributed by atoms with Gasteiger partial charge in [-0.2, -0.15) is 4.98 Å². The summed E-state index contributed by atoms with van der Waals surface area (Å²) in [5, 5.41) is 0. The molecule has 3 aromatic rings. The second-order valence-corrected chi connectivity index (χ2v) is 6.55. The Labute approximate surface area is 152 Å². The van der Waals surface area contributed by atoms with E-state index in [2.05, 4.69) is 20.6 Å². The quantitative estimate of drug-likeness (QED) is 0.727. The van der Waals surface area contributed by atoms with Crippen molar-refractivity contribution in [2.24, 2.45) is 0 Å². The lowest BCUT2D eigenvalue weighted by atomic mass is 9.96. The van der Waals surface area contributed by atoms with Crippen LogP contribution in [0.1, 0.15) is 29.7 Å². The van der Waals surface area contributed by atoms with Crippen molar-refractivity contribution >= 4 is 0 Å². The summed E-state index contributed by atoms with van der Waals surface area (Å²) in [6, 6.07) is 11.7. The molecule has 0 aliphatic heterocycles. The van der Waals surface area contributed by atoms with Crippen molar-refractivity contribution < 1.29 is 4.74 Å². The molecule has 0 amide bonds. The number of methoxy groups -OCH3 is 1. The summed E-state index contributed by atoms with van der Waals surface area (Å²) >= 11 is 0. The molecule has 4 rings (SSSR count). The SMILES string of the molecule is COc1ccc(-c2nc(=O)c3c(n2Cc2cccnc2)CCCC3)cc1. The van der Waals surface area contributed by atoms with Gasteiger partial charge in [0.1, 0.15) is 11.6 Å². The summed E-state index contributed by atoms with van der Waals surface area (Å²) < 4.78 is 7.44. The van der Waals surface area contributed by atoms with Gasteiger partial charge >= 0.3 is 0 Å². The smallest absolute Gasteiger partial charge is 0.276 e. The molecule has 0 unspecified atom stereocenters. The van der Waals surface area contributed by atoms with Crippen molar-refractivity contribution in [3.63, 3.8) is 0 Å². The molecule has 132 valence electrons. The van der Waals surface area contributed by atoms with E-state index in [4.69, 9.17) is 4.74 Å². The zero-order valence-corrected chi connectivity index (χ0v) is 14.8. The molecule has 26 heavy (non-hydrogen) atoms.